The zero-order valence-electron chi connectivity index (χ0n) is 13.6. The Balaban J connectivity index is 1.75. The number of carbonyl (C=O) groups is 1. The first-order valence-corrected chi connectivity index (χ1v) is 8.91. The normalized spacial score (nSPS) is 18.0. The molecule has 0 bridgehead atoms. The maximum atomic E-state index is 14.0. The second kappa shape index (κ2) is 7.35. The molecule has 1 unspecified atom stereocenters. The van der Waals surface area contributed by atoms with E-state index in [4.69, 9.17) is 0 Å². The van der Waals surface area contributed by atoms with Crippen molar-refractivity contribution in [3.8, 4) is 0 Å². The summed E-state index contributed by atoms with van der Waals surface area (Å²) < 4.78 is 28.5. The first-order valence-electron chi connectivity index (χ1n) is 7.86. The number of nitrogens with zero attached hydrogens (tertiary/aromatic N) is 3. The van der Waals surface area contributed by atoms with Crippen LogP contribution in [0.15, 0.2) is 35.1 Å². The lowest BCUT2D eigenvalue weighted by molar-refractivity contribution is 0.0758. The highest BCUT2D eigenvalue weighted by Crippen LogP contribution is 2.36. The minimum atomic E-state index is -0.469. The fourth-order valence-electron chi connectivity index (χ4n) is 2.76. The molecule has 0 N–H and O–H groups in total. The lowest BCUT2D eigenvalue weighted by Crippen LogP contribution is -2.35. The highest BCUT2D eigenvalue weighted by molar-refractivity contribution is 7.99. The second-order valence-corrected chi connectivity index (χ2v) is 7.10. The van der Waals surface area contributed by atoms with Crippen LogP contribution >= 0.6 is 11.8 Å². The Morgan fingerprint density at radius 3 is 2.80 bits per heavy atom. The smallest absolute Gasteiger partial charge is 0.274 e. The highest BCUT2D eigenvalue weighted by atomic mass is 32.2. The zero-order chi connectivity index (χ0) is 18.0. The van der Waals surface area contributed by atoms with E-state index in [0.29, 0.717) is 30.8 Å². The van der Waals surface area contributed by atoms with Gasteiger partial charge in [-0.15, -0.1) is 0 Å². The molecule has 1 atom stereocenters. The van der Waals surface area contributed by atoms with Crippen molar-refractivity contribution in [2.24, 2.45) is 7.05 Å². The van der Waals surface area contributed by atoms with Crippen molar-refractivity contribution < 1.29 is 13.6 Å². The largest absolute Gasteiger partial charge is 0.336 e. The van der Waals surface area contributed by atoms with Crippen molar-refractivity contribution in [3.05, 3.63) is 63.6 Å². The summed E-state index contributed by atoms with van der Waals surface area (Å²) in [5, 5.41) is 3.77. The molecule has 2 heterocycles. The van der Waals surface area contributed by atoms with Crippen LogP contribution in [-0.2, 0) is 7.05 Å². The lowest BCUT2D eigenvalue weighted by Gasteiger charge is -2.20. The van der Waals surface area contributed by atoms with Gasteiger partial charge in [0.05, 0.1) is 0 Å². The first-order chi connectivity index (χ1) is 12.0. The van der Waals surface area contributed by atoms with E-state index < -0.39 is 11.6 Å². The Hall–Kier alpha value is -2.22. The van der Waals surface area contributed by atoms with Crippen LogP contribution in [-0.4, -0.2) is 39.4 Å². The van der Waals surface area contributed by atoms with E-state index in [2.05, 4.69) is 5.10 Å². The number of aromatic nitrogens is 2. The number of halogens is 2. The highest BCUT2D eigenvalue weighted by Gasteiger charge is 2.25. The van der Waals surface area contributed by atoms with Gasteiger partial charge in [-0.05, 0) is 30.7 Å². The summed E-state index contributed by atoms with van der Waals surface area (Å²) in [6.07, 6.45) is 0.516. The fourth-order valence-corrected chi connectivity index (χ4v) is 4.00. The van der Waals surface area contributed by atoms with Crippen LogP contribution in [0, 0.1) is 11.6 Å². The Bertz CT molecular complexity index is 856. The quantitative estimate of drug-likeness (QED) is 0.820. The lowest BCUT2D eigenvalue weighted by atomic mass is 10.1. The van der Waals surface area contributed by atoms with Gasteiger partial charge < -0.3 is 4.90 Å². The monoisotopic (exact) mass is 365 g/mol. The van der Waals surface area contributed by atoms with E-state index in [1.807, 2.05) is 0 Å². The molecular weight excluding hydrogens is 348 g/mol. The summed E-state index contributed by atoms with van der Waals surface area (Å²) in [6, 6.07) is 6.16. The van der Waals surface area contributed by atoms with E-state index in [0.717, 1.165) is 16.8 Å². The van der Waals surface area contributed by atoms with Gasteiger partial charge in [-0.25, -0.2) is 13.5 Å². The van der Waals surface area contributed by atoms with E-state index in [9.17, 15) is 18.4 Å². The zero-order valence-corrected chi connectivity index (χ0v) is 14.4. The topological polar surface area (TPSA) is 55.2 Å². The fraction of sp³-hybridized carbons (Fsp3) is 0.353. The van der Waals surface area contributed by atoms with Crippen molar-refractivity contribution in [2.75, 3.05) is 18.8 Å². The molecule has 0 radical (unpaired) electrons. The van der Waals surface area contributed by atoms with Crippen molar-refractivity contribution in [1.29, 1.82) is 0 Å². The van der Waals surface area contributed by atoms with Gasteiger partial charge in [-0.3, -0.25) is 9.59 Å². The Labute approximate surface area is 147 Å². The summed E-state index contributed by atoms with van der Waals surface area (Å²) in [5.74, 6) is -0.559. The van der Waals surface area contributed by atoms with E-state index >= 15 is 0 Å². The minimum Gasteiger partial charge on any atom is -0.336 e. The molecule has 2 aromatic rings. The number of benzene rings is 1. The molecule has 1 amide bonds. The van der Waals surface area contributed by atoms with Crippen LogP contribution in [0.4, 0.5) is 8.78 Å². The van der Waals surface area contributed by atoms with Gasteiger partial charge in [0, 0.05) is 42.8 Å². The minimum absolute atomic E-state index is 0.197. The number of thioether (sulfide) groups is 1. The van der Waals surface area contributed by atoms with Crippen LogP contribution in [0.1, 0.15) is 27.7 Å². The summed E-state index contributed by atoms with van der Waals surface area (Å²) in [4.78, 5) is 25.6. The molecule has 1 aliphatic heterocycles. The number of aryl methyl sites for hydroxylation is 1. The van der Waals surface area contributed by atoms with Crippen LogP contribution in [0.3, 0.4) is 0 Å². The number of amides is 1. The predicted octanol–water partition coefficient (Wildman–Crippen LogP) is 2.38. The summed E-state index contributed by atoms with van der Waals surface area (Å²) in [7, 11) is 1.49. The number of carbonyl (C=O) groups excluding carboxylic acids is 1. The second-order valence-electron chi connectivity index (χ2n) is 5.79. The third-order valence-electron chi connectivity index (χ3n) is 4.11. The maximum absolute atomic E-state index is 14.0. The van der Waals surface area contributed by atoms with Crippen LogP contribution in [0.25, 0.3) is 0 Å². The van der Waals surface area contributed by atoms with Gasteiger partial charge in [-0.1, -0.05) is 0 Å². The molecule has 1 saturated heterocycles. The van der Waals surface area contributed by atoms with Gasteiger partial charge >= 0.3 is 0 Å². The van der Waals surface area contributed by atoms with Crippen molar-refractivity contribution in [2.45, 2.75) is 11.7 Å². The van der Waals surface area contributed by atoms with Crippen LogP contribution < -0.4 is 5.56 Å². The molecule has 8 heteroatoms. The average Bonchev–Trinajstić information content (AvgIpc) is 2.85. The first kappa shape index (κ1) is 17.6. The number of rotatable bonds is 2. The predicted molar refractivity (Wildman–Crippen MR) is 91.6 cm³/mol. The molecule has 1 aromatic heterocycles. The molecule has 0 spiro atoms. The Morgan fingerprint density at radius 1 is 1.24 bits per heavy atom. The molecule has 25 heavy (non-hydrogen) atoms. The molecular formula is C17H17F2N3O2S. The summed E-state index contributed by atoms with van der Waals surface area (Å²) >= 11 is 1.51. The molecule has 1 fully saturated rings. The molecule has 1 aromatic carbocycles. The summed E-state index contributed by atoms with van der Waals surface area (Å²) in [6.45, 7) is 0.901. The average molecular weight is 365 g/mol. The van der Waals surface area contributed by atoms with Crippen molar-refractivity contribution in [3.63, 3.8) is 0 Å². The standard InChI is InChI=1S/C17H17F2N3O2S/c1-21-16(23)5-4-14(20-21)17(24)22-7-6-15(25-9-8-22)12-10-11(18)2-3-13(12)19/h2-5,10,15H,6-9H2,1H3. The molecule has 1 aliphatic rings. The summed E-state index contributed by atoms with van der Waals surface area (Å²) in [5.41, 5.74) is 0.242. The van der Waals surface area contributed by atoms with E-state index in [1.54, 1.807) is 4.90 Å². The van der Waals surface area contributed by atoms with Gasteiger partial charge in [0.1, 0.15) is 17.3 Å². The van der Waals surface area contributed by atoms with Gasteiger partial charge in [0.15, 0.2) is 0 Å². The van der Waals surface area contributed by atoms with Gasteiger partial charge in [0.2, 0.25) is 0 Å². The third kappa shape index (κ3) is 3.89. The molecule has 0 aliphatic carbocycles. The van der Waals surface area contributed by atoms with Crippen LogP contribution in [0.5, 0.6) is 0 Å². The van der Waals surface area contributed by atoms with Gasteiger partial charge in [0.25, 0.3) is 11.5 Å². The number of hydrogen-bond donors (Lipinski definition) is 0. The van der Waals surface area contributed by atoms with Crippen LogP contribution in [0.2, 0.25) is 0 Å². The van der Waals surface area contributed by atoms with E-state index in [-0.39, 0.29) is 22.4 Å². The van der Waals surface area contributed by atoms with Crippen molar-refractivity contribution >= 4 is 17.7 Å². The third-order valence-corrected chi connectivity index (χ3v) is 5.42. The molecule has 132 valence electrons. The molecule has 3 rings (SSSR count). The molecule has 0 saturated carbocycles. The van der Waals surface area contributed by atoms with Gasteiger partial charge in [-0.2, -0.15) is 16.9 Å². The number of hydrogen-bond acceptors (Lipinski definition) is 4. The van der Waals surface area contributed by atoms with E-state index in [1.165, 1.54) is 37.0 Å². The maximum Gasteiger partial charge on any atom is 0.274 e. The SMILES string of the molecule is Cn1nc(C(=O)N2CCSC(c3cc(F)ccc3F)CC2)ccc1=O. The Morgan fingerprint density at radius 2 is 2.04 bits per heavy atom. The Kier molecular flexibility index (Phi) is 5.17. The van der Waals surface area contributed by atoms with Crippen molar-refractivity contribution in [1.82, 2.24) is 14.7 Å². The molecule has 5 nitrogen and oxygen atoms in total.